The number of amides is 2. The minimum atomic E-state index is -0.586. The monoisotopic (exact) mass is 361 g/mol. The molecule has 1 saturated carbocycles. The summed E-state index contributed by atoms with van der Waals surface area (Å²) in [6.07, 6.45) is 5.32. The number of furan rings is 1. The maximum absolute atomic E-state index is 12.5. The molecule has 0 aromatic carbocycles. The predicted molar refractivity (Wildman–Crippen MR) is 97.5 cm³/mol. The lowest BCUT2D eigenvalue weighted by molar-refractivity contribution is -0.134. The highest BCUT2D eigenvalue weighted by Gasteiger charge is 2.32. The van der Waals surface area contributed by atoms with Crippen molar-refractivity contribution in [3.8, 4) is 0 Å². The van der Waals surface area contributed by atoms with Crippen LogP contribution in [0, 0.1) is 5.92 Å². The summed E-state index contributed by atoms with van der Waals surface area (Å²) in [5.74, 6) is 1.33. The Kier molecular flexibility index (Phi) is 5.80. The summed E-state index contributed by atoms with van der Waals surface area (Å²) in [5, 5.41) is 6.51. The van der Waals surface area contributed by atoms with E-state index in [1.807, 2.05) is 4.90 Å². The van der Waals surface area contributed by atoms with Crippen LogP contribution in [-0.2, 0) is 11.3 Å². The molecule has 2 fully saturated rings. The molecule has 1 saturated heterocycles. The second-order valence-corrected chi connectivity index (χ2v) is 6.95. The van der Waals surface area contributed by atoms with Gasteiger partial charge in [0.2, 0.25) is 5.91 Å². The third kappa shape index (κ3) is 4.36. The number of nitrogens with two attached hydrogens (primary N) is 1. The van der Waals surface area contributed by atoms with E-state index in [2.05, 4.69) is 15.6 Å². The highest BCUT2D eigenvalue weighted by atomic mass is 16.3. The van der Waals surface area contributed by atoms with E-state index in [9.17, 15) is 9.59 Å². The molecule has 1 aromatic heterocycles. The molecule has 0 radical (unpaired) electrons. The molecule has 142 valence electrons. The normalized spacial score (nSPS) is 21.2. The van der Waals surface area contributed by atoms with Gasteiger partial charge < -0.3 is 25.7 Å². The standard InChI is InChI=1S/C18H27N5O3/c1-20-18(21-10-14-6-7-15(26-14)16(19)24)22-13-8-9-23(11-13)17(25)12-4-2-3-5-12/h6-7,12-13H,2-5,8-11H2,1H3,(H2,19,24)(H2,20,21,22). The van der Waals surface area contributed by atoms with Gasteiger partial charge in [-0.2, -0.15) is 0 Å². The molecule has 26 heavy (non-hydrogen) atoms. The van der Waals surface area contributed by atoms with Crippen LogP contribution in [0.2, 0.25) is 0 Å². The zero-order valence-corrected chi connectivity index (χ0v) is 15.2. The van der Waals surface area contributed by atoms with Crippen molar-refractivity contribution < 1.29 is 14.0 Å². The van der Waals surface area contributed by atoms with Gasteiger partial charge in [0, 0.05) is 32.1 Å². The average Bonchev–Trinajstić information content (AvgIpc) is 3.39. The summed E-state index contributed by atoms with van der Waals surface area (Å²) in [7, 11) is 1.70. The van der Waals surface area contributed by atoms with Crippen LogP contribution >= 0.6 is 0 Å². The number of carbonyl (C=O) groups is 2. The Bertz CT molecular complexity index is 678. The Morgan fingerprint density at radius 2 is 2.08 bits per heavy atom. The summed E-state index contributed by atoms with van der Waals surface area (Å²) in [4.78, 5) is 29.8. The van der Waals surface area contributed by atoms with Crippen LogP contribution in [0.4, 0.5) is 0 Å². The predicted octanol–water partition coefficient (Wildman–Crippen LogP) is 0.835. The van der Waals surface area contributed by atoms with Gasteiger partial charge in [-0.25, -0.2) is 0 Å². The van der Waals surface area contributed by atoms with Gasteiger partial charge in [0.05, 0.1) is 6.54 Å². The number of nitrogens with zero attached hydrogens (tertiary/aromatic N) is 2. The first-order chi connectivity index (χ1) is 12.6. The maximum Gasteiger partial charge on any atom is 0.284 e. The molecule has 1 aliphatic carbocycles. The van der Waals surface area contributed by atoms with Gasteiger partial charge in [-0.3, -0.25) is 14.6 Å². The Morgan fingerprint density at radius 1 is 1.31 bits per heavy atom. The zero-order valence-electron chi connectivity index (χ0n) is 15.2. The van der Waals surface area contributed by atoms with Gasteiger partial charge in [-0.05, 0) is 31.4 Å². The lowest BCUT2D eigenvalue weighted by atomic mass is 10.1. The number of aliphatic imine (C=N–C) groups is 1. The fraction of sp³-hybridized carbons (Fsp3) is 0.611. The molecule has 4 N–H and O–H groups in total. The summed E-state index contributed by atoms with van der Waals surface area (Å²) >= 11 is 0. The van der Waals surface area contributed by atoms with Crippen molar-refractivity contribution in [3.05, 3.63) is 23.7 Å². The first-order valence-electron chi connectivity index (χ1n) is 9.21. The van der Waals surface area contributed by atoms with Gasteiger partial charge >= 0.3 is 0 Å². The van der Waals surface area contributed by atoms with Crippen molar-refractivity contribution >= 4 is 17.8 Å². The Hall–Kier alpha value is -2.51. The molecular formula is C18H27N5O3. The number of carbonyl (C=O) groups excluding carboxylic acids is 2. The number of hydrogen-bond acceptors (Lipinski definition) is 4. The lowest BCUT2D eigenvalue weighted by Crippen LogP contribution is -2.45. The summed E-state index contributed by atoms with van der Waals surface area (Å²) in [5.41, 5.74) is 5.18. The zero-order chi connectivity index (χ0) is 18.5. The van der Waals surface area contributed by atoms with Crippen molar-refractivity contribution in [2.24, 2.45) is 16.6 Å². The number of rotatable bonds is 5. The largest absolute Gasteiger partial charge is 0.454 e. The number of primary amides is 1. The highest BCUT2D eigenvalue weighted by Crippen LogP contribution is 2.27. The van der Waals surface area contributed by atoms with Crippen molar-refractivity contribution in [1.82, 2.24) is 15.5 Å². The van der Waals surface area contributed by atoms with Crippen molar-refractivity contribution in [2.75, 3.05) is 20.1 Å². The van der Waals surface area contributed by atoms with Gasteiger partial charge in [-0.15, -0.1) is 0 Å². The van der Waals surface area contributed by atoms with Gasteiger partial charge in [-0.1, -0.05) is 12.8 Å². The van der Waals surface area contributed by atoms with Crippen LogP contribution in [0.3, 0.4) is 0 Å². The fourth-order valence-corrected chi connectivity index (χ4v) is 3.67. The average molecular weight is 361 g/mol. The Balaban J connectivity index is 1.46. The van der Waals surface area contributed by atoms with Crippen LogP contribution in [0.25, 0.3) is 0 Å². The molecule has 0 bridgehead atoms. The second-order valence-electron chi connectivity index (χ2n) is 6.95. The van der Waals surface area contributed by atoms with Crippen LogP contribution in [0.5, 0.6) is 0 Å². The molecule has 8 heteroatoms. The molecule has 3 rings (SSSR count). The summed E-state index contributed by atoms with van der Waals surface area (Å²) < 4.78 is 5.34. The first kappa shape index (κ1) is 18.3. The highest BCUT2D eigenvalue weighted by molar-refractivity contribution is 5.89. The van der Waals surface area contributed by atoms with E-state index in [4.69, 9.17) is 10.2 Å². The number of nitrogens with one attached hydrogen (secondary N) is 2. The number of hydrogen-bond donors (Lipinski definition) is 3. The third-order valence-corrected chi connectivity index (χ3v) is 5.10. The van der Waals surface area contributed by atoms with Crippen LogP contribution in [-0.4, -0.2) is 48.9 Å². The molecule has 2 aliphatic rings. The molecule has 1 atom stereocenters. The molecular weight excluding hydrogens is 334 g/mol. The van der Waals surface area contributed by atoms with Crippen molar-refractivity contribution in [3.63, 3.8) is 0 Å². The molecule has 1 aromatic rings. The van der Waals surface area contributed by atoms with E-state index in [1.54, 1.807) is 19.2 Å². The van der Waals surface area contributed by atoms with Crippen LogP contribution in [0.15, 0.2) is 21.5 Å². The number of guanidine groups is 1. The third-order valence-electron chi connectivity index (χ3n) is 5.10. The molecule has 2 amide bonds. The molecule has 1 aliphatic heterocycles. The smallest absolute Gasteiger partial charge is 0.284 e. The summed E-state index contributed by atoms with van der Waals surface area (Å²) in [6, 6.07) is 3.45. The minimum absolute atomic E-state index is 0.140. The van der Waals surface area contributed by atoms with E-state index in [0.717, 1.165) is 25.8 Å². The quantitative estimate of drug-likeness (QED) is 0.531. The molecule has 1 unspecified atom stereocenters. The summed E-state index contributed by atoms with van der Waals surface area (Å²) in [6.45, 7) is 1.90. The molecule has 2 heterocycles. The van der Waals surface area contributed by atoms with E-state index in [-0.39, 0.29) is 17.7 Å². The SMILES string of the molecule is CN=C(NCc1ccc(C(N)=O)o1)NC1CCN(C(=O)C2CCCC2)C1. The van der Waals surface area contributed by atoms with E-state index in [1.165, 1.54) is 12.8 Å². The Morgan fingerprint density at radius 3 is 2.73 bits per heavy atom. The van der Waals surface area contributed by atoms with Gasteiger partial charge in [0.1, 0.15) is 5.76 Å². The molecule has 0 spiro atoms. The van der Waals surface area contributed by atoms with Gasteiger partial charge in [0.15, 0.2) is 11.7 Å². The van der Waals surface area contributed by atoms with Crippen molar-refractivity contribution in [2.45, 2.75) is 44.7 Å². The lowest BCUT2D eigenvalue weighted by Gasteiger charge is -2.21. The molecule has 8 nitrogen and oxygen atoms in total. The van der Waals surface area contributed by atoms with E-state index >= 15 is 0 Å². The first-order valence-corrected chi connectivity index (χ1v) is 9.21. The van der Waals surface area contributed by atoms with Crippen LogP contribution < -0.4 is 16.4 Å². The fourth-order valence-electron chi connectivity index (χ4n) is 3.67. The van der Waals surface area contributed by atoms with E-state index in [0.29, 0.717) is 30.7 Å². The minimum Gasteiger partial charge on any atom is -0.454 e. The van der Waals surface area contributed by atoms with Gasteiger partial charge in [0.25, 0.3) is 5.91 Å². The van der Waals surface area contributed by atoms with Crippen LogP contribution in [0.1, 0.15) is 48.4 Å². The number of likely N-dealkylation sites (tertiary alicyclic amines) is 1. The van der Waals surface area contributed by atoms with Crippen molar-refractivity contribution in [1.29, 1.82) is 0 Å². The topological polar surface area (TPSA) is 113 Å². The Labute approximate surface area is 153 Å². The maximum atomic E-state index is 12.5. The second kappa shape index (κ2) is 8.25. The van der Waals surface area contributed by atoms with E-state index < -0.39 is 5.91 Å².